The monoisotopic (exact) mass is 736 g/mol. The summed E-state index contributed by atoms with van der Waals surface area (Å²) >= 11 is 24.7. The molecule has 50 heavy (non-hydrogen) atoms. The zero-order valence-electron chi connectivity index (χ0n) is 26.8. The van der Waals surface area contributed by atoms with Crippen LogP contribution >= 0.6 is 46.4 Å². The Morgan fingerprint density at radius 3 is 1.18 bits per heavy atom. The molecule has 248 valence electrons. The second-order valence-corrected chi connectivity index (χ2v) is 13.2. The molecule has 0 saturated carbocycles. The molecule has 0 fully saturated rings. The highest BCUT2D eigenvalue weighted by molar-refractivity contribution is 6.33. The van der Waals surface area contributed by atoms with Crippen molar-refractivity contribution in [3.05, 3.63) is 187 Å². The highest BCUT2D eigenvalue weighted by Crippen LogP contribution is 2.44. The van der Waals surface area contributed by atoms with Crippen LogP contribution in [0, 0.1) is 13.8 Å². The lowest BCUT2D eigenvalue weighted by Crippen LogP contribution is -2.13. The Labute approximate surface area is 310 Å². The van der Waals surface area contributed by atoms with E-state index in [-0.39, 0.29) is 22.4 Å². The van der Waals surface area contributed by atoms with Crippen LogP contribution in [0.1, 0.15) is 56.3 Å². The lowest BCUT2D eigenvalue weighted by atomic mass is 9.89. The maximum absolute atomic E-state index is 6.37. The third-order valence-corrected chi connectivity index (χ3v) is 9.25. The van der Waals surface area contributed by atoms with E-state index < -0.39 is 0 Å². The average Bonchev–Trinajstić information content (AvgIpc) is 3.12. The standard InChI is InChI=1S/2C20H14Cl2N2O/c2*1-12-7-9-13(10-8-12)15-11-16(14-5-3-2-4-6-14)25-19-17(15)18(21)23-20(22)24-19/h2*2-11,15H,1H3/t2*15-/m11/s1. The van der Waals surface area contributed by atoms with Crippen molar-refractivity contribution in [2.45, 2.75) is 25.7 Å². The SMILES string of the molecule is Cc1ccc([C@H]2C=C(c3ccccc3)Oc3nc(Cl)nc(Cl)c32)cc1.Cc1ccc([C@H]2C=C(c3ccccc3)Oc3nc(Cl)nc(Cl)c32)cc1. The van der Waals surface area contributed by atoms with Gasteiger partial charge in [0.25, 0.3) is 0 Å². The summed E-state index contributed by atoms with van der Waals surface area (Å²) in [5, 5.41) is 0.759. The predicted molar refractivity (Wildman–Crippen MR) is 200 cm³/mol. The quantitative estimate of drug-likeness (QED) is 0.132. The Bertz CT molecular complexity index is 2070. The largest absolute Gasteiger partial charge is 0.438 e. The van der Waals surface area contributed by atoms with Crippen molar-refractivity contribution in [3.8, 4) is 11.8 Å². The topological polar surface area (TPSA) is 70.0 Å². The number of benzene rings is 4. The van der Waals surface area contributed by atoms with Crippen LogP contribution in [0.4, 0.5) is 0 Å². The molecule has 0 spiro atoms. The van der Waals surface area contributed by atoms with E-state index in [2.05, 4.69) is 82.3 Å². The molecule has 0 saturated heterocycles. The van der Waals surface area contributed by atoms with Gasteiger partial charge in [-0.3, -0.25) is 0 Å². The molecule has 2 atom stereocenters. The molecule has 0 aliphatic carbocycles. The number of ether oxygens (including phenoxy) is 2. The molecule has 0 N–H and O–H groups in total. The summed E-state index contributed by atoms with van der Waals surface area (Å²) in [6, 6.07) is 36.4. The lowest BCUT2D eigenvalue weighted by Gasteiger charge is -2.25. The van der Waals surface area contributed by atoms with Crippen LogP contribution in [0.3, 0.4) is 0 Å². The smallest absolute Gasteiger partial charge is 0.229 e. The van der Waals surface area contributed by atoms with E-state index in [0.29, 0.717) is 22.1 Å². The highest BCUT2D eigenvalue weighted by atomic mass is 35.5. The van der Waals surface area contributed by atoms with Gasteiger partial charge in [-0.05, 0) is 60.3 Å². The Kier molecular flexibility index (Phi) is 9.88. The number of hydrogen-bond acceptors (Lipinski definition) is 6. The minimum absolute atomic E-state index is 0.0701. The second-order valence-electron chi connectivity index (χ2n) is 11.8. The number of nitrogens with zero attached hydrogens (tertiary/aromatic N) is 4. The normalized spacial score (nSPS) is 16.0. The molecule has 6 nitrogen and oxygen atoms in total. The van der Waals surface area contributed by atoms with Gasteiger partial charge in [-0.1, -0.05) is 144 Å². The summed E-state index contributed by atoms with van der Waals surface area (Å²) in [4.78, 5) is 16.7. The molecule has 0 amide bonds. The van der Waals surface area contributed by atoms with Crippen LogP contribution < -0.4 is 9.47 Å². The van der Waals surface area contributed by atoms with E-state index in [4.69, 9.17) is 55.9 Å². The van der Waals surface area contributed by atoms with Gasteiger partial charge in [-0.15, -0.1) is 0 Å². The maximum Gasteiger partial charge on any atom is 0.229 e. The first-order valence-electron chi connectivity index (χ1n) is 15.7. The van der Waals surface area contributed by atoms with Gasteiger partial charge in [0.05, 0.1) is 11.1 Å². The molecule has 8 rings (SSSR count). The number of fused-ring (bicyclic) bond motifs is 2. The van der Waals surface area contributed by atoms with Crippen LogP contribution in [0.5, 0.6) is 11.8 Å². The summed E-state index contributed by atoms with van der Waals surface area (Å²) in [5.74, 6) is 2.04. The zero-order valence-corrected chi connectivity index (χ0v) is 29.8. The molecule has 10 heteroatoms. The Morgan fingerprint density at radius 1 is 0.460 bits per heavy atom. The first kappa shape index (κ1) is 33.8. The number of aryl methyl sites for hydroxylation is 2. The molecule has 2 aliphatic heterocycles. The summed E-state index contributed by atoms with van der Waals surface area (Å²) < 4.78 is 12.0. The predicted octanol–water partition coefficient (Wildman–Crippen LogP) is 11.3. The van der Waals surface area contributed by atoms with Crippen LogP contribution in [0.2, 0.25) is 20.9 Å². The van der Waals surface area contributed by atoms with E-state index >= 15 is 0 Å². The van der Waals surface area contributed by atoms with Crippen molar-refractivity contribution in [2.75, 3.05) is 0 Å². The van der Waals surface area contributed by atoms with Gasteiger partial charge in [0.15, 0.2) is 0 Å². The molecular formula is C40H28Cl4N4O2. The fourth-order valence-electron chi connectivity index (χ4n) is 5.81. The van der Waals surface area contributed by atoms with Crippen LogP contribution in [0.25, 0.3) is 11.5 Å². The molecule has 0 bridgehead atoms. The van der Waals surface area contributed by atoms with Gasteiger partial charge in [0, 0.05) is 23.0 Å². The summed E-state index contributed by atoms with van der Waals surface area (Å²) in [6.07, 6.45) is 4.09. The third kappa shape index (κ3) is 7.25. The molecule has 4 heterocycles. The van der Waals surface area contributed by atoms with Gasteiger partial charge in [-0.2, -0.15) is 9.97 Å². The number of allylic oxidation sites excluding steroid dienone is 2. The van der Waals surface area contributed by atoms with E-state index in [1.807, 2.05) is 72.8 Å². The average molecular weight is 739 g/mol. The van der Waals surface area contributed by atoms with Crippen molar-refractivity contribution >= 4 is 57.9 Å². The zero-order chi connectivity index (χ0) is 34.8. The van der Waals surface area contributed by atoms with Crippen molar-refractivity contribution in [2.24, 2.45) is 0 Å². The van der Waals surface area contributed by atoms with Gasteiger partial charge in [-0.25, -0.2) is 9.97 Å². The highest BCUT2D eigenvalue weighted by Gasteiger charge is 2.30. The van der Waals surface area contributed by atoms with Crippen LogP contribution in [-0.2, 0) is 0 Å². The third-order valence-electron chi connectivity index (χ3n) is 8.33. The summed E-state index contributed by atoms with van der Waals surface area (Å²) in [7, 11) is 0. The Morgan fingerprint density at radius 2 is 0.820 bits per heavy atom. The number of halogens is 4. The lowest BCUT2D eigenvalue weighted by molar-refractivity contribution is 0.469. The first-order valence-corrected chi connectivity index (χ1v) is 17.2. The molecule has 2 aliphatic rings. The van der Waals surface area contributed by atoms with E-state index in [1.54, 1.807) is 0 Å². The van der Waals surface area contributed by atoms with Crippen molar-refractivity contribution in [3.63, 3.8) is 0 Å². The minimum atomic E-state index is -0.107. The van der Waals surface area contributed by atoms with E-state index in [0.717, 1.165) is 44.9 Å². The van der Waals surface area contributed by atoms with Crippen molar-refractivity contribution in [1.82, 2.24) is 19.9 Å². The second kappa shape index (κ2) is 14.6. The number of aromatic nitrogens is 4. The minimum Gasteiger partial charge on any atom is -0.438 e. The van der Waals surface area contributed by atoms with Gasteiger partial charge >= 0.3 is 0 Å². The maximum atomic E-state index is 6.37. The molecular weight excluding hydrogens is 710 g/mol. The molecule has 6 aromatic rings. The fourth-order valence-corrected chi connectivity index (χ4v) is 6.78. The summed E-state index contributed by atoms with van der Waals surface area (Å²) in [5.41, 5.74) is 7.98. The molecule has 0 radical (unpaired) electrons. The van der Waals surface area contributed by atoms with E-state index in [9.17, 15) is 0 Å². The van der Waals surface area contributed by atoms with Gasteiger partial charge in [0.2, 0.25) is 22.3 Å². The molecule has 2 aromatic heterocycles. The fraction of sp³-hybridized carbons (Fsp3) is 0.100. The van der Waals surface area contributed by atoms with Crippen LogP contribution in [-0.4, -0.2) is 19.9 Å². The molecule has 4 aromatic carbocycles. The summed E-state index contributed by atoms with van der Waals surface area (Å²) in [6.45, 7) is 4.12. The Balaban J connectivity index is 0.000000157. The van der Waals surface area contributed by atoms with Crippen molar-refractivity contribution in [1.29, 1.82) is 0 Å². The molecule has 0 unspecified atom stereocenters. The van der Waals surface area contributed by atoms with Gasteiger partial charge < -0.3 is 9.47 Å². The Hall–Kier alpha value is -4.72. The van der Waals surface area contributed by atoms with Gasteiger partial charge in [0.1, 0.15) is 21.8 Å². The number of rotatable bonds is 4. The first-order chi connectivity index (χ1) is 24.2. The number of hydrogen-bond donors (Lipinski definition) is 0. The van der Waals surface area contributed by atoms with Crippen LogP contribution in [0.15, 0.2) is 121 Å². The van der Waals surface area contributed by atoms with E-state index in [1.165, 1.54) is 11.1 Å². The van der Waals surface area contributed by atoms with Crippen molar-refractivity contribution < 1.29 is 9.47 Å².